The number of halogens is 1. The normalized spacial score (nSPS) is 10.2. The molecular formula is C9H6ClN3O3S. The minimum Gasteiger partial charge on any atom is -0.436 e. The highest BCUT2D eigenvalue weighted by atomic mass is 35.5. The number of nitro benzene ring substituents is 1. The number of hydrogen-bond acceptors (Lipinski definition) is 6. The van der Waals surface area contributed by atoms with Crippen molar-refractivity contribution >= 4 is 29.0 Å². The SMILES string of the molecule is Cc1cc(Oc2nsnc2Cl)ccc1[N+](=O)[O-]. The van der Waals surface area contributed by atoms with Crippen molar-refractivity contribution in [3.05, 3.63) is 39.0 Å². The van der Waals surface area contributed by atoms with Gasteiger partial charge < -0.3 is 4.74 Å². The summed E-state index contributed by atoms with van der Waals surface area (Å²) in [7, 11) is 0. The first kappa shape index (κ1) is 11.7. The highest BCUT2D eigenvalue weighted by Gasteiger charge is 2.13. The maximum Gasteiger partial charge on any atom is 0.272 e. The van der Waals surface area contributed by atoms with Crippen LogP contribution in [0.5, 0.6) is 11.6 Å². The van der Waals surface area contributed by atoms with E-state index >= 15 is 0 Å². The first-order chi connectivity index (χ1) is 8.08. The van der Waals surface area contributed by atoms with Crippen molar-refractivity contribution in [1.29, 1.82) is 0 Å². The van der Waals surface area contributed by atoms with Crippen LogP contribution in [0.25, 0.3) is 0 Å². The van der Waals surface area contributed by atoms with Gasteiger partial charge in [0.15, 0.2) is 0 Å². The predicted molar refractivity (Wildman–Crippen MR) is 62.8 cm³/mol. The molecule has 17 heavy (non-hydrogen) atoms. The molecule has 6 nitrogen and oxygen atoms in total. The second-order valence-electron chi connectivity index (χ2n) is 3.17. The quantitative estimate of drug-likeness (QED) is 0.633. The first-order valence-corrected chi connectivity index (χ1v) is 5.59. The molecule has 88 valence electrons. The van der Waals surface area contributed by atoms with Gasteiger partial charge in [0.1, 0.15) is 5.75 Å². The Balaban J connectivity index is 2.27. The largest absolute Gasteiger partial charge is 0.436 e. The van der Waals surface area contributed by atoms with Gasteiger partial charge in [0.2, 0.25) is 5.15 Å². The van der Waals surface area contributed by atoms with E-state index in [4.69, 9.17) is 16.3 Å². The van der Waals surface area contributed by atoms with Crippen molar-refractivity contribution in [2.24, 2.45) is 0 Å². The van der Waals surface area contributed by atoms with Gasteiger partial charge in [-0.15, -0.1) is 4.37 Å². The molecule has 0 radical (unpaired) electrons. The van der Waals surface area contributed by atoms with Crippen LogP contribution in [0, 0.1) is 17.0 Å². The van der Waals surface area contributed by atoms with Gasteiger partial charge in [-0.1, -0.05) is 11.6 Å². The average molecular weight is 272 g/mol. The molecule has 0 N–H and O–H groups in total. The minimum absolute atomic E-state index is 0.0415. The standard InChI is InChI=1S/C9H6ClN3O3S/c1-5-4-6(2-3-7(5)13(14)15)16-9-8(10)11-17-12-9/h2-4H,1H3. The van der Waals surface area contributed by atoms with E-state index in [-0.39, 0.29) is 16.7 Å². The molecule has 0 spiro atoms. The predicted octanol–water partition coefficient (Wildman–Crippen LogP) is 3.20. The summed E-state index contributed by atoms with van der Waals surface area (Å²) in [6.07, 6.45) is 0. The fourth-order valence-electron chi connectivity index (χ4n) is 1.24. The second kappa shape index (κ2) is 4.64. The zero-order valence-electron chi connectivity index (χ0n) is 8.58. The Labute approximate surface area is 105 Å². The molecule has 0 aliphatic rings. The van der Waals surface area contributed by atoms with E-state index in [0.29, 0.717) is 11.3 Å². The van der Waals surface area contributed by atoms with Gasteiger partial charge in [0.05, 0.1) is 16.7 Å². The molecule has 0 fully saturated rings. The van der Waals surface area contributed by atoms with Crippen molar-refractivity contribution in [2.45, 2.75) is 6.92 Å². The van der Waals surface area contributed by atoms with Crippen LogP contribution in [0.2, 0.25) is 5.15 Å². The first-order valence-electron chi connectivity index (χ1n) is 4.49. The summed E-state index contributed by atoms with van der Waals surface area (Å²) in [6.45, 7) is 1.63. The summed E-state index contributed by atoms with van der Waals surface area (Å²) in [5, 5.41) is 10.8. The molecule has 2 aromatic rings. The third kappa shape index (κ3) is 2.51. The number of nitrogens with zero attached hydrogens (tertiary/aromatic N) is 3. The summed E-state index contributed by atoms with van der Waals surface area (Å²) < 4.78 is 12.9. The van der Waals surface area contributed by atoms with Gasteiger partial charge in [0.25, 0.3) is 11.6 Å². The van der Waals surface area contributed by atoms with E-state index in [9.17, 15) is 10.1 Å². The smallest absolute Gasteiger partial charge is 0.272 e. The number of aromatic nitrogens is 2. The molecule has 0 aliphatic carbocycles. The van der Waals surface area contributed by atoms with E-state index < -0.39 is 4.92 Å². The fraction of sp³-hybridized carbons (Fsp3) is 0.111. The fourth-order valence-corrected chi connectivity index (χ4v) is 1.85. The maximum atomic E-state index is 10.6. The summed E-state index contributed by atoms with van der Waals surface area (Å²) in [5.41, 5.74) is 0.548. The molecule has 1 aromatic carbocycles. The lowest BCUT2D eigenvalue weighted by atomic mass is 10.2. The van der Waals surface area contributed by atoms with E-state index in [1.807, 2.05) is 0 Å². The van der Waals surface area contributed by atoms with Gasteiger partial charge in [-0.25, -0.2) is 0 Å². The van der Waals surface area contributed by atoms with Crippen LogP contribution < -0.4 is 4.74 Å². The molecule has 0 bridgehead atoms. The Kier molecular flexibility index (Phi) is 3.21. The van der Waals surface area contributed by atoms with Crippen molar-refractivity contribution in [1.82, 2.24) is 8.75 Å². The van der Waals surface area contributed by atoms with E-state index in [1.165, 1.54) is 12.1 Å². The maximum absolute atomic E-state index is 10.6. The molecule has 1 aromatic heterocycles. The molecule has 0 saturated heterocycles. The van der Waals surface area contributed by atoms with Gasteiger partial charge in [-0.2, -0.15) is 4.37 Å². The number of hydrogen-bond donors (Lipinski definition) is 0. The third-order valence-electron chi connectivity index (χ3n) is 2.00. The molecule has 0 atom stereocenters. The van der Waals surface area contributed by atoms with Crippen LogP contribution in [0.1, 0.15) is 5.56 Å². The topological polar surface area (TPSA) is 78.2 Å². The highest BCUT2D eigenvalue weighted by molar-refractivity contribution is 6.99. The average Bonchev–Trinajstić information content (AvgIpc) is 2.64. The summed E-state index contributed by atoms with van der Waals surface area (Å²) in [6, 6.07) is 4.41. The number of benzene rings is 1. The molecule has 2 rings (SSSR count). The molecule has 0 aliphatic heterocycles. The zero-order chi connectivity index (χ0) is 12.4. The van der Waals surface area contributed by atoms with Crippen LogP contribution >= 0.6 is 23.3 Å². The Morgan fingerprint density at radius 3 is 2.76 bits per heavy atom. The Bertz CT molecular complexity index is 572. The summed E-state index contributed by atoms with van der Waals surface area (Å²) in [5.74, 6) is 0.632. The lowest BCUT2D eigenvalue weighted by Crippen LogP contribution is -1.92. The van der Waals surface area contributed by atoms with Crippen LogP contribution in [0.3, 0.4) is 0 Å². The van der Waals surface area contributed by atoms with Crippen molar-refractivity contribution < 1.29 is 9.66 Å². The minimum atomic E-state index is -0.448. The Morgan fingerprint density at radius 1 is 1.47 bits per heavy atom. The molecule has 8 heteroatoms. The highest BCUT2D eigenvalue weighted by Crippen LogP contribution is 2.29. The number of nitro groups is 1. The van der Waals surface area contributed by atoms with Gasteiger partial charge in [-0.3, -0.25) is 10.1 Å². The molecule has 1 heterocycles. The monoisotopic (exact) mass is 271 g/mol. The van der Waals surface area contributed by atoms with Crippen molar-refractivity contribution in [2.75, 3.05) is 0 Å². The van der Waals surface area contributed by atoms with Gasteiger partial charge >= 0.3 is 0 Å². The Hall–Kier alpha value is -1.73. The van der Waals surface area contributed by atoms with E-state index in [1.54, 1.807) is 13.0 Å². The summed E-state index contributed by atoms with van der Waals surface area (Å²) in [4.78, 5) is 10.2. The lowest BCUT2D eigenvalue weighted by Gasteiger charge is -2.03. The molecule has 0 unspecified atom stereocenters. The van der Waals surface area contributed by atoms with Crippen LogP contribution in [-0.4, -0.2) is 13.7 Å². The van der Waals surface area contributed by atoms with Crippen molar-refractivity contribution in [3.8, 4) is 11.6 Å². The van der Waals surface area contributed by atoms with Crippen LogP contribution in [0.4, 0.5) is 5.69 Å². The van der Waals surface area contributed by atoms with Crippen LogP contribution in [0.15, 0.2) is 18.2 Å². The molecular weight excluding hydrogens is 266 g/mol. The van der Waals surface area contributed by atoms with Gasteiger partial charge in [-0.05, 0) is 19.1 Å². The second-order valence-corrected chi connectivity index (χ2v) is 4.05. The van der Waals surface area contributed by atoms with Crippen LogP contribution in [-0.2, 0) is 0 Å². The number of aryl methyl sites for hydroxylation is 1. The number of ether oxygens (including phenoxy) is 1. The molecule has 0 amide bonds. The third-order valence-corrected chi connectivity index (χ3v) is 2.86. The summed E-state index contributed by atoms with van der Waals surface area (Å²) >= 11 is 6.65. The van der Waals surface area contributed by atoms with Gasteiger partial charge in [0, 0.05) is 11.6 Å². The lowest BCUT2D eigenvalue weighted by molar-refractivity contribution is -0.385. The zero-order valence-corrected chi connectivity index (χ0v) is 10.2. The van der Waals surface area contributed by atoms with Crippen molar-refractivity contribution in [3.63, 3.8) is 0 Å². The Morgan fingerprint density at radius 2 is 2.24 bits per heavy atom. The molecule has 0 saturated carbocycles. The number of rotatable bonds is 3. The van der Waals surface area contributed by atoms with E-state index in [2.05, 4.69) is 8.75 Å². The van der Waals surface area contributed by atoms with E-state index in [0.717, 1.165) is 11.7 Å².